The number of nitrogens with zero attached hydrogens (tertiary/aromatic N) is 5. The lowest BCUT2D eigenvalue weighted by atomic mass is 10.0. The predicted octanol–water partition coefficient (Wildman–Crippen LogP) is 0.420. The number of piperidine rings is 1. The maximum atomic E-state index is 5.81. The van der Waals surface area contributed by atoms with Crippen LogP contribution < -0.4 is 10.6 Å². The summed E-state index contributed by atoms with van der Waals surface area (Å²) in [7, 11) is 3.78. The lowest BCUT2D eigenvalue weighted by molar-refractivity contribution is -0.187. The minimum absolute atomic E-state index is 0.0859. The van der Waals surface area contributed by atoms with Gasteiger partial charge in [0, 0.05) is 40.0 Å². The molecule has 0 saturated carbocycles. The van der Waals surface area contributed by atoms with E-state index in [-0.39, 0.29) is 17.8 Å². The summed E-state index contributed by atoms with van der Waals surface area (Å²) in [4.78, 5) is 17.1. The summed E-state index contributed by atoms with van der Waals surface area (Å²) in [5.41, 5.74) is 5.81. The standard InChI is InChI=1S/C14H24N6O2/c1-10(11-16-12(15)18-13(17-11)19(2)3)20-6-4-14(5-7-20)21-8-9-22-14/h10H,4-9H2,1-3H3,(H2,15,16,17,18). The molecule has 122 valence electrons. The van der Waals surface area contributed by atoms with Crippen molar-refractivity contribution in [2.45, 2.75) is 31.6 Å². The van der Waals surface area contributed by atoms with Gasteiger partial charge in [-0.25, -0.2) is 0 Å². The van der Waals surface area contributed by atoms with Crippen LogP contribution in [-0.2, 0) is 9.47 Å². The quantitative estimate of drug-likeness (QED) is 0.859. The molecule has 0 aliphatic carbocycles. The zero-order chi connectivity index (χ0) is 15.7. The molecule has 2 fully saturated rings. The van der Waals surface area contributed by atoms with Crippen LogP contribution in [-0.4, -0.2) is 66.0 Å². The van der Waals surface area contributed by atoms with Gasteiger partial charge in [0.1, 0.15) is 0 Å². The smallest absolute Gasteiger partial charge is 0.229 e. The van der Waals surface area contributed by atoms with E-state index < -0.39 is 0 Å². The van der Waals surface area contributed by atoms with Crippen LogP contribution >= 0.6 is 0 Å². The van der Waals surface area contributed by atoms with Gasteiger partial charge in [0.25, 0.3) is 0 Å². The Morgan fingerprint density at radius 3 is 2.36 bits per heavy atom. The Kier molecular flexibility index (Phi) is 4.16. The van der Waals surface area contributed by atoms with Crippen LogP contribution in [0.15, 0.2) is 0 Å². The summed E-state index contributed by atoms with van der Waals surface area (Å²) in [6, 6.07) is 0.0859. The molecule has 22 heavy (non-hydrogen) atoms. The Bertz CT molecular complexity index is 522. The highest BCUT2D eigenvalue weighted by Crippen LogP contribution is 2.34. The van der Waals surface area contributed by atoms with Gasteiger partial charge >= 0.3 is 0 Å². The number of nitrogen functional groups attached to an aromatic ring is 1. The number of nitrogens with two attached hydrogens (primary N) is 1. The fourth-order valence-electron chi connectivity index (χ4n) is 2.99. The first kappa shape index (κ1) is 15.4. The van der Waals surface area contributed by atoms with Crippen LogP contribution in [0.3, 0.4) is 0 Å². The highest BCUT2D eigenvalue weighted by Gasteiger charge is 2.41. The first-order chi connectivity index (χ1) is 10.5. The lowest BCUT2D eigenvalue weighted by Crippen LogP contribution is -2.46. The fraction of sp³-hybridized carbons (Fsp3) is 0.786. The summed E-state index contributed by atoms with van der Waals surface area (Å²) in [5, 5.41) is 0. The Morgan fingerprint density at radius 2 is 1.77 bits per heavy atom. The molecular weight excluding hydrogens is 284 g/mol. The summed E-state index contributed by atoms with van der Waals surface area (Å²) < 4.78 is 11.5. The molecule has 8 nitrogen and oxygen atoms in total. The van der Waals surface area contributed by atoms with Gasteiger partial charge in [0.2, 0.25) is 11.9 Å². The molecule has 0 amide bonds. The van der Waals surface area contributed by atoms with Crippen molar-refractivity contribution in [3.05, 3.63) is 5.82 Å². The van der Waals surface area contributed by atoms with Crippen molar-refractivity contribution in [2.24, 2.45) is 0 Å². The van der Waals surface area contributed by atoms with Crippen molar-refractivity contribution >= 4 is 11.9 Å². The molecule has 3 rings (SSSR count). The van der Waals surface area contributed by atoms with Crippen LogP contribution in [0.1, 0.15) is 31.6 Å². The number of hydrogen-bond donors (Lipinski definition) is 1. The summed E-state index contributed by atoms with van der Waals surface area (Å²) in [6.07, 6.45) is 1.75. The SMILES string of the molecule is CC(c1nc(N)nc(N(C)C)n1)N1CCC2(CC1)OCCO2. The average molecular weight is 308 g/mol. The Morgan fingerprint density at radius 1 is 1.14 bits per heavy atom. The van der Waals surface area contributed by atoms with Crippen LogP contribution in [0, 0.1) is 0 Å². The molecule has 0 radical (unpaired) electrons. The van der Waals surface area contributed by atoms with Crippen molar-refractivity contribution in [2.75, 3.05) is 51.0 Å². The molecule has 1 aromatic rings. The van der Waals surface area contributed by atoms with Gasteiger partial charge in [-0.15, -0.1) is 0 Å². The predicted molar refractivity (Wildman–Crippen MR) is 82.4 cm³/mol. The number of hydrogen-bond acceptors (Lipinski definition) is 8. The first-order valence-electron chi connectivity index (χ1n) is 7.70. The number of aromatic nitrogens is 3. The minimum atomic E-state index is -0.358. The fourth-order valence-corrected chi connectivity index (χ4v) is 2.99. The molecule has 0 aromatic carbocycles. The molecule has 3 heterocycles. The molecule has 2 aliphatic rings. The highest BCUT2D eigenvalue weighted by molar-refractivity contribution is 5.33. The van der Waals surface area contributed by atoms with E-state index in [9.17, 15) is 0 Å². The number of rotatable bonds is 3. The van der Waals surface area contributed by atoms with E-state index in [4.69, 9.17) is 15.2 Å². The number of ether oxygens (including phenoxy) is 2. The average Bonchev–Trinajstić information content (AvgIpc) is 2.95. The van der Waals surface area contributed by atoms with Gasteiger partial charge in [-0.2, -0.15) is 15.0 Å². The van der Waals surface area contributed by atoms with Gasteiger partial charge in [0.05, 0.1) is 19.3 Å². The van der Waals surface area contributed by atoms with E-state index in [2.05, 4.69) is 26.8 Å². The molecule has 2 aliphatic heterocycles. The van der Waals surface area contributed by atoms with Crippen LogP contribution in [0.5, 0.6) is 0 Å². The van der Waals surface area contributed by atoms with Crippen LogP contribution in [0.2, 0.25) is 0 Å². The zero-order valence-corrected chi connectivity index (χ0v) is 13.4. The van der Waals surface area contributed by atoms with Crippen molar-refractivity contribution in [3.63, 3.8) is 0 Å². The second kappa shape index (κ2) is 5.94. The molecule has 1 aromatic heterocycles. The second-order valence-corrected chi connectivity index (χ2v) is 6.07. The van der Waals surface area contributed by atoms with E-state index in [1.165, 1.54) is 0 Å². The Labute approximate surface area is 130 Å². The third kappa shape index (κ3) is 2.99. The summed E-state index contributed by atoms with van der Waals surface area (Å²) in [6.45, 7) is 5.29. The summed E-state index contributed by atoms with van der Waals surface area (Å²) >= 11 is 0. The largest absolute Gasteiger partial charge is 0.368 e. The minimum Gasteiger partial charge on any atom is -0.368 e. The maximum absolute atomic E-state index is 5.81. The highest BCUT2D eigenvalue weighted by atomic mass is 16.7. The monoisotopic (exact) mass is 308 g/mol. The van der Waals surface area contributed by atoms with Crippen molar-refractivity contribution in [1.82, 2.24) is 19.9 Å². The molecular formula is C14H24N6O2. The van der Waals surface area contributed by atoms with Crippen LogP contribution in [0.4, 0.5) is 11.9 Å². The second-order valence-electron chi connectivity index (χ2n) is 6.07. The third-order valence-electron chi connectivity index (χ3n) is 4.35. The number of anilines is 2. The molecule has 1 atom stereocenters. The van der Waals surface area contributed by atoms with Gasteiger partial charge in [-0.3, -0.25) is 4.90 Å². The first-order valence-corrected chi connectivity index (χ1v) is 7.70. The van der Waals surface area contributed by atoms with E-state index in [1.54, 1.807) is 0 Å². The van der Waals surface area contributed by atoms with E-state index in [0.717, 1.165) is 25.9 Å². The van der Waals surface area contributed by atoms with Crippen molar-refractivity contribution in [1.29, 1.82) is 0 Å². The van der Waals surface area contributed by atoms with E-state index in [1.807, 2.05) is 19.0 Å². The van der Waals surface area contributed by atoms with Crippen LogP contribution in [0.25, 0.3) is 0 Å². The lowest BCUT2D eigenvalue weighted by Gasteiger charge is -2.39. The number of likely N-dealkylation sites (tertiary alicyclic amines) is 1. The maximum Gasteiger partial charge on any atom is 0.229 e. The molecule has 1 spiro atoms. The molecule has 2 saturated heterocycles. The van der Waals surface area contributed by atoms with Gasteiger partial charge in [-0.1, -0.05) is 0 Å². The van der Waals surface area contributed by atoms with E-state index in [0.29, 0.717) is 25.0 Å². The zero-order valence-electron chi connectivity index (χ0n) is 13.4. The van der Waals surface area contributed by atoms with Gasteiger partial charge in [-0.05, 0) is 6.92 Å². The van der Waals surface area contributed by atoms with Crippen molar-refractivity contribution in [3.8, 4) is 0 Å². The molecule has 2 N–H and O–H groups in total. The third-order valence-corrected chi connectivity index (χ3v) is 4.35. The molecule has 0 bridgehead atoms. The summed E-state index contributed by atoms with van der Waals surface area (Å²) in [5.74, 6) is 1.20. The van der Waals surface area contributed by atoms with Gasteiger partial charge in [0.15, 0.2) is 11.6 Å². The Hall–Kier alpha value is -1.51. The van der Waals surface area contributed by atoms with Gasteiger partial charge < -0.3 is 20.1 Å². The topological polar surface area (TPSA) is 89.6 Å². The van der Waals surface area contributed by atoms with E-state index >= 15 is 0 Å². The van der Waals surface area contributed by atoms with Crippen molar-refractivity contribution < 1.29 is 9.47 Å². The molecule has 8 heteroatoms. The molecule has 1 unspecified atom stereocenters. The normalized spacial score (nSPS) is 22.9. The Balaban J connectivity index is 1.70.